The minimum atomic E-state index is -3.43. The van der Waals surface area contributed by atoms with Crippen LogP contribution in [0.2, 0.25) is 0 Å². The zero-order chi connectivity index (χ0) is 15.7. The van der Waals surface area contributed by atoms with Gasteiger partial charge in [-0.05, 0) is 32.3 Å². The minimum absolute atomic E-state index is 0.0991. The zero-order valence-corrected chi connectivity index (χ0v) is 14.1. The molecule has 3 rings (SSSR count). The Morgan fingerprint density at radius 2 is 1.95 bits per heavy atom. The summed E-state index contributed by atoms with van der Waals surface area (Å²) < 4.78 is 34.7. The third-order valence-corrected chi connectivity index (χ3v) is 6.47. The Labute approximate surface area is 133 Å². The molecule has 0 bridgehead atoms. The molecular formula is C16H24N2O3S. The number of rotatable bonds is 5. The fourth-order valence-corrected chi connectivity index (χ4v) is 4.81. The van der Waals surface area contributed by atoms with E-state index in [0.29, 0.717) is 26.3 Å². The molecule has 2 aliphatic rings. The van der Waals surface area contributed by atoms with Crippen molar-refractivity contribution in [2.75, 3.05) is 19.8 Å². The Morgan fingerprint density at radius 1 is 1.27 bits per heavy atom. The maximum atomic E-state index is 13.0. The summed E-state index contributed by atoms with van der Waals surface area (Å²) in [5, 5.41) is 0. The molecule has 0 N–H and O–H groups in total. The number of nitrogens with zero attached hydrogens (tertiary/aromatic N) is 2. The second-order valence-corrected chi connectivity index (χ2v) is 8.14. The van der Waals surface area contributed by atoms with Gasteiger partial charge in [-0.2, -0.15) is 17.0 Å². The maximum Gasteiger partial charge on any atom is 0.282 e. The second-order valence-electron chi connectivity index (χ2n) is 6.30. The first-order valence-corrected chi connectivity index (χ1v) is 9.30. The van der Waals surface area contributed by atoms with Crippen molar-refractivity contribution in [2.45, 2.75) is 45.3 Å². The van der Waals surface area contributed by atoms with E-state index in [0.717, 1.165) is 18.4 Å². The average molecular weight is 324 g/mol. The Balaban J connectivity index is 1.82. The van der Waals surface area contributed by atoms with E-state index in [1.54, 1.807) is 8.61 Å². The average Bonchev–Trinajstić information content (AvgIpc) is 3.31. The molecule has 1 aromatic carbocycles. The Bertz CT molecular complexity index is 611. The van der Waals surface area contributed by atoms with E-state index in [-0.39, 0.29) is 12.1 Å². The van der Waals surface area contributed by atoms with Crippen LogP contribution in [0.4, 0.5) is 0 Å². The molecule has 1 aliphatic carbocycles. The molecule has 22 heavy (non-hydrogen) atoms. The monoisotopic (exact) mass is 324 g/mol. The number of benzene rings is 1. The summed E-state index contributed by atoms with van der Waals surface area (Å²) in [5.74, 6) is 0. The molecule has 0 radical (unpaired) electrons. The summed E-state index contributed by atoms with van der Waals surface area (Å²) in [6, 6.07) is 8.15. The largest absolute Gasteiger partial charge is 0.378 e. The molecular weight excluding hydrogens is 300 g/mol. The highest BCUT2D eigenvalue weighted by atomic mass is 32.2. The van der Waals surface area contributed by atoms with Gasteiger partial charge in [0.1, 0.15) is 0 Å². The minimum Gasteiger partial charge on any atom is -0.378 e. The molecule has 5 nitrogen and oxygen atoms in total. The summed E-state index contributed by atoms with van der Waals surface area (Å²) in [6.07, 6.45) is 1.92. The van der Waals surface area contributed by atoms with Crippen LogP contribution < -0.4 is 0 Å². The van der Waals surface area contributed by atoms with Crippen LogP contribution >= 0.6 is 0 Å². The smallest absolute Gasteiger partial charge is 0.282 e. The van der Waals surface area contributed by atoms with E-state index in [1.807, 2.05) is 38.1 Å². The van der Waals surface area contributed by atoms with Gasteiger partial charge in [0, 0.05) is 25.2 Å². The Hall–Kier alpha value is -0.950. The predicted molar refractivity (Wildman–Crippen MR) is 85.7 cm³/mol. The van der Waals surface area contributed by atoms with E-state index in [4.69, 9.17) is 4.74 Å². The molecule has 6 heteroatoms. The fourth-order valence-electron chi connectivity index (χ4n) is 2.82. The van der Waals surface area contributed by atoms with Crippen molar-refractivity contribution in [3.05, 3.63) is 35.4 Å². The van der Waals surface area contributed by atoms with Crippen molar-refractivity contribution in [3.63, 3.8) is 0 Å². The van der Waals surface area contributed by atoms with E-state index >= 15 is 0 Å². The van der Waals surface area contributed by atoms with Crippen molar-refractivity contribution in [2.24, 2.45) is 0 Å². The molecule has 1 saturated heterocycles. The van der Waals surface area contributed by atoms with Crippen LogP contribution in [0.1, 0.15) is 30.9 Å². The third kappa shape index (κ3) is 3.35. The van der Waals surface area contributed by atoms with E-state index in [2.05, 4.69) is 0 Å². The summed E-state index contributed by atoms with van der Waals surface area (Å²) in [7, 11) is -3.43. The van der Waals surface area contributed by atoms with E-state index < -0.39 is 10.2 Å². The van der Waals surface area contributed by atoms with Gasteiger partial charge in [0.05, 0.1) is 13.2 Å². The van der Waals surface area contributed by atoms with Gasteiger partial charge in [0.25, 0.3) is 10.2 Å². The molecule has 122 valence electrons. The first kappa shape index (κ1) is 15.9. The topological polar surface area (TPSA) is 49.9 Å². The van der Waals surface area contributed by atoms with Crippen molar-refractivity contribution >= 4 is 10.2 Å². The van der Waals surface area contributed by atoms with Crippen LogP contribution in [-0.4, -0.2) is 48.9 Å². The van der Waals surface area contributed by atoms with Crippen LogP contribution in [0.3, 0.4) is 0 Å². The number of hydrogen-bond donors (Lipinski definition) is 0. The first-order valence-electron chi connectivity index (χ1n) is 7.90. The highest BCUT2D eigenvalue weighted by Crippen LogP contribution is 2.33. The fraction of sp³-hybridized carbons (Fsp3) is 0.625. The third-order valence-electron chi connectivity index (χ3n) is 4.31. The van der Waals surface area contributed by atoms with Gasteiger partial charge in [0.2, 0.25) is 0 Å². The number of aryl methyl sites for hydroxylation is 1. The molecule has 0 aromatic heterocycles. The van der Waals surface area contributed by atoms with Crippen molar-refractivity contribution in [1.29, 1.82) is 0 Å². The standard InChI is InChI=1S/C16H24N2O3S/c1-13-3-5-15(6-4-13)11-18(16-7-8-16)22(19,20)17-9-10-21-12-14(17)2/h3-6,14,16H,7-12H2,1-2H3/t14-/m0/s1. The quantitative estimate of drug-likeness (QED) is 0.831. The number of ether oxygens (including phenoxy) is 1. The van der Waals surface area contributed by atoms with Crippen LogP contribution in [0, 0.1) is 6.92 Å². The van der Waals surface area contributed by atoms with E-state index in [9.17, 15) is 8.42 Å². The lowest BCUT2D eigenvalue weighted by Crippen LogP contribution is -2.53. The lowest BCUT2D eigenvalue weighted by Gasteiger charge is -2.36. The summed E-state index contributed by atoms with van der Waals surface area (Å²) >= 11 is 0. The molecule has 0 amide bonds. The van der Waals surface area contributed by atoms with Gasteiger partial charge in [-0.15, -0.1) is 0 Å². The van der Waals surface area contributed by atoms with E-state index in [1.165, 1.54) is 5.56 Å². The van der Waals surface area contributed by atoms with Crippen LogP contribution in [-0.2, 0) is 21.5 Å². The summed E-state index contributed by atoms with van der Waals surface area (Å²) in [4.78, 5) is 0. The second kappa shape index (κ2) is 6.28. The first-order chi connectivity index (χ1) is 10.5. The molecule has 1 aromatic rings. The summed E-state index contributed by atoms with van der Waals surface area (Å²) in [6.45, 7) is 5.80. The van der Waals surface area contributed by atoms with Crippen LogP contribution in [0.5, 0.6) is 0 Å². The van der Waals surface area contributed by atoms with Gasteiger partial charge in [-0.1, -0.05) is 29.8 Å². The maximum absolute atomic E-state index is 13.0. The molecule has 1 aliphatic heterocycles. The molecule has 0 unspecified atom stereocenters. The predicted octanol–water partition coefficient (Wildman–Crippen LogP) is 1.92. The molecule has 0 spiro atoms. The van der Waals surface area contributed by atoms with Crippen LogP contribution in [0.25, 0.3) is 0 Å². The Kier molecular flexibility index (Phi) is 4.54. The Morgan fingerprint density at radius 3 is 2.55 bits per heavy atom. The lowest BCUT2D eigenvalue weighted by molar-refractivity contribution is 0.0360. The normalized spacial score (nSPS) is 23.9. The lowest BCUT2D eigenvalue weighted by atomic mass is 10.1. The van der Waals surface area contributed by atoms with Crippen molar-refractivity contribution < 1.29 is 13.2 Å². The van der Waals surface area contributed by atoms with Gasteiger partial charge >= 0.3 is 0 Å². The van der Waals surface area contributed by atoms with Crippen LogP contribution in [0.15, 0.2) is 24.3 Å². The van der Waals surface area contributed by atoms with Gasteiger partial charge in [-0.25, -0.2) is 0 Å². The zero-order valence-electron chi connectivity index (χ0n) is 13.2. The van der Waals surface area contributed by atoms with Gasteiger partial charge in [-0.3, -0.25) is 0 Å². The molecule has 1 saturated carbocycles. The van der Waals surface area contributed by atoms with Crippen molar-refractivity contribution in [1.82, 2.24) is 8.61 Å². The molecule has 2 fully saturated rings. The SMILES string of the molecule is Cc1ccc(CN(C2CC2)S(=O)(=O)N2CCOC[C@@H]2C)cc1. The van der Waals surface area contributed by atoms with Gasteiger partial charge in [0.15, 0.2) is 0 Å². The molecule has 1 heterocycles. The molecule has 1 atom stereocenters. The summed E-state index contributed by atoms with van der Waals surface area (Å²) in [5.41, 5.74) is 2.23. The van der Waals surface area contributed by atoms with Gasteiger partial charge < -0.3 is 4.74 Å². The van der Waals surface area contributed by atoms with Crippen molar-refractivity contribution in [3.8, 4) is 0 Å². The number of hydrogen-bond acceptors (Lipinski definition) is 3. The highest BCUT2D eigenvalue weighted by Gasteiger charge is 2.42. The number of morpholine rings is 1. The highest BCUT2D eigenvalue weighted by molar-refractivity contribution is 7.86.